The van der Waals surface area contributed by atoms with Crippen LogP contribution in [-0.2, 0) is 12.8 Å². The summed E-state index contributed by atoms with van der Waals surface area (Å²) in [7, 11) is 0. The SMILES string of the molecule is Cl.O=C(O)c1ccc(CCc2ncc[nH]2)cc1. The summed E-state index contributed by atoms with van der Waals surface area (Å²) in [6.07, 6.45) is 5.21. The van der Waals surface area contributed by atoms with Crippen LogP contribution in [0.1, 0.15) is 21.7 Å². The number of nitrogens with one attached hydrogen (secondary N) is 1. The fourth-order valence-corrected chi connectivity index (χ4v) is 1.51. The van der Waals surface area contributed by atoms with Crippen molar-refractivity contribution in [2.45, 2.75) is 12.8 Å². The molecule has 5 heteroatoms. The Morgan fingerprint density at radius 2 is 1.94 bits per heavy atom. The molecule has 0 spiro atoms. The van der Waals surface area contributed by atoms with Crippen LogP contribution < -0.4 is 0 Å². The zero-order chi connectivity index (χ0) is 11.4. The molecule has 1 aromatic heterocycles. The highest BCUT2D eigenvalue weighted by Gasteiger charge is 2.02. The van der Waals surface area contributed by atoms with Crippen molar-refractivity contribution in [2.24, 2.45) is 0 Å². The van der Waals surface area contributed by atoms with Gasteiger partial charge in [-0.3, -0.25) is 0 Å². The Kier molecular flexibility index (Phi) is 4.72. The van der Waals surface area contributed by atoms with Gasteiger partial charge in [0, 0.05) is 18.8 Å². The number of imidazole rings is 1. The number of rotatable bonds is 4. The van der Waals surface area contributed by atoms with E-state index < -0.39 is 5.97 Å². The molecule has 0 aliphatic carbocycles. The normalized spacial score (nSPS) is 9.65. The number of aromatic nitrogens is 2. The van der Waals surface area contributed by atoms with E-state index in [4.69, 9.17) is 5.11 Å². The number of carboxylic acid groups (broad SMARTS) is 1. The van der Waals surface area contributed by atoms with Crippen molar-refractivity contribution >= 4 is 18.4 Å². The predicted octanol–water partition coefficient (Wildman–Crippen LogP) is 2.31. The summed E-state index contributed by atoms with van der Waals surface area (Å²) >= 11 is 0. The maximum atomic E-state index is 10.6. The first kappa shape index (κ1) is 13.3. The fourth-order valence-electron chi connectivity index (χ4n) is 1.51. The van der Waals surface area contributed by atoms with Crippen molar-refractivity contribution in [1.82, 2.24) is 9.97 Å². The molecule has 2 rings (SSSR count). The van der Waals surface area contributed by atoms with Crippen molar-refractivity contribution in [1.29, 1.82) is 0 Å². The smallest absolute Gasteiger partial charge is 0.335 e. The molecule has 90 valence electrons. The number of nitrogens with zero attached hydrogens (tertiary/aromatic N) is 1. The quantitative estimate of drug-likeness (QED) is 0.878. The van der Waals surface area contributed by atoms with Gasteiger partial charge >= 0.3 is 5.97 Å². The van der Waals surface area contributed by atoms with Gasteiger partial charge in [-0.15, -0.1) is 12.4 Å². The van der Waals surface area contributed by atoms with E-state index in [0.717, 1.165) is 24.2 Å². The molecule has 0 bridgehead atoms. The number of hydrogen-bond donors (Lipinski definition) is 2. The number of aromatic amines is 1. The number of hydrogen-bond acceptors (Lipinski definition) is 2. The third-order valence-electron chi connectivity index (χ3n) is 2.41. The average molecular weight is 253 g/mol. The maximum Gasteiger partial charge on any atom is 0.335 e. The number of carbonyl (C=O) groups is 1. The van der Waals surface area contributed by atoms with Crippen LogP contribution in [0.4, 0.5) is 0 Å². The van der Waals surface area contributed by atoms with Gasteiger partial charge in [-0.2, -0.15) is 0 Å². The minimum absolute atomic E-state index is 0. The summed E-state index contributed by atoms with van der Waals surface area (Å²) < 4.78 is 0. The van der Waals surface area contributed by atoms with E-state index >= 15 is 0 Å². The summed E-state index contributed by atoms with van der Waals surface area (Å²) in [6.45, 7) is 0. The molecule has 2 aromatic rings. The monoisotopic (exact) mass is 252 g/mol. The lowest BCUT2D eigenvalue weighted by Gasteiger charge is -2.00. The molecule has 0 saturated carbocycles. The molecule has 0 aliphatic rings. The first-order valence-electron chi connectivity index (χ1n) is 5.06. The van der Waals surface area contributed by atoms with Crippen LogP contribution in [0, 0.1) is 0 Å². The molecule has 4 nitrogen and oxygen atoms in total. The van der Waals surface area contributed by atoms with Gasteiger partial charge in [0.25, 0.3) is 0 Å². The highest BCUT2D eigenvalue weighted by molar-refractivity contribution is 5.87. The molecule has 0 unspecified atom stereocenters. The Balaban J connectivity index is 0.00000144. The van der Waals surface area contributed by atoms with E-state index in [2.05, 4.69) is 9.97 Å². The minimum atomic E-state index is -0.891. The van der Waals surface area contributed by atoms with Crippen molar-refractivity contribution in [2.75, 3.05) is 0 Å². The molecular weight excluding hydrogens is 240 g/mol. The van der Waals surface area contributed by atoms with Gasteiger partial charge in [0.1, 0.15) is 5.82 Å². The molecule has 17 heavy (non-hydrogen) atoms. The molecule has 0 fully saturated rings. The van der Waals surface area contributed by atoms with Crippen molar-refractivity contribution in [3.8, 4) is 0 Å². The van der Waals surface area contributed by atoms with Crippen LogP contribution in [0.2, 0.25) is 0 Å². The van der Waals surface area contributed by atoms with E-state index in [-0.39, 0.29) is 12.4 Å². The largest absolute Gasteiger partial charge is 0.478 e. The zero-order valence-corrected chi connectivity index (χ0v) is 9.91. The van der Waals surface area contributed by atoms with Gasteiger partial charge in [-0.25, -0.2) is 9.78 Å². The van der Waals surface area contributed by atoms with E-state index in [9.17, 15) is 4.79 Å². The number of aryl methyl sites for hydroxylation is 2. The van der Waals surface area contributed by atoms with Crippen molar-refractivity contribution in [3.05, 3.63) is 53.6 Å². The lowest BCUT2D eigenvalue weighted by Crippen LogP contribution is -1.97. The summed E-state index contributed by atoms with van der Waals surface area (Å²) in [5, 5.41) is 8.74. The Bertz CT molecular complexity index is 466. The van der Waals surface area contributed by atoms with Gasteiger partial charge in [-0.05, 0) is 24.1 Å². The second-order valence-corrected chi connectivity index (χ2v) is 3.54. The number of halogens is 1. The molecule has 1 heterocycles. The van der Waals surface area contributed by atoms with Crippen LogP contribution >= 0.6 is 12.4 Å². The Morgan fingerprint density at radius 1 is 1.24 bits per heavy atom. The second kappa shape index (κ2) is 6.06. The molecule has 0 saturated heterocycles. The standard InChI is InChI=1S/C12H12N2O2.ClH/c15-12(16)10-4-1-9(2-5-10)3-6-11-13-7-8-14-11;/h1-2,4-5,7-8H,3,6H2,(H,13,14)(H,15,16);1H. The fraction of sp³-hybridized carbons (Fsp3) is 0.167. The van der Waals surface area contributed by atoms with Crippen molar-refractivity contribution in [3.63, 3.8) is 0 Å². The van der Waals surface area contributed by atoms with Gasteiger partial charge in [0.2, 0.25) is 0 Å². The minimum Gasteiger partial charge on any atom is -0.478 e. The van der Waals surface area contributed by atoms with Crippen LogP contribution in [0.25, 0.3) is 0 Å². The number of benzene rings is 1. The molecule has 0 amide bonds. The summed E-state index contributed by atoms with van der Waals surface area (Å²) in [5.41, 5.74) is 1.43. The van der Waals surface area contributed by atoms with Crippen LogP contribution in [0.3, 0.4) is 0 Å². The number of H-pyrrole nitrogens is 1. The topological polar surface area (TPSA) is 66.0 Å². The van der Waals surface area contributed by atoms with Gasteiger partial charge < -0.3 is 10.1 Å². The van der Waals surface area contributed by atoms with Crippen LogP contribution in [0.5, 0.6) is 0 Å². The highest BCUT2D eigenvalue weighted by atomic mass is 35.5. The number of aromatic carboxylic acids is 1. The maximum absolute atomic E-state index is 10.6. The van der Waals surface area contributed by atoms with Crippen molar-refractivity contribution < 1.29 is 9.90 Å². The molecule has 2 N–H and O–H groups in total. The second-order valence-electron chi connectivity index (χ2n) is 3.54. The van der Waals surface area contributed by atoms with E-state index in [0.29, 0.717) is 5.56 Å². The molecule has 0 aliphatic heterocycles. The Hall–Kier alpha value is -1.81. The average Bonchev–Trinajstić information content (AvgIpc) is 2.80. The third kappa shape index (κ3) is 3.60. The van der Waals surface area contributed by atoms with E-state index in [1.807, 2.05) is 12.1 Å². The Labute approximate surface area is 105 Å². The lowest BCUT2D eigenvalue weighted by atomic mass is 10.1. The first-order chi connectivity index (χ1) is 7.75. The molecule has 1 aromatic carbocycles. The van der Waals surface area contributed by atoms with Gasteiger partial charge in [-0.1, -0.05) is 12.1 Å². The molecule has 0 atom stereocenters. The van der Waals surface area contributed by atoms with Gasteiger partial charge in [0.05, 0.1) is 5.56 Å². The van der Waals surface area contributed by atoms with Crippen LogP contribution in [-0.4, -0.2) is 21.0 Å². The zero-order valence-electron chi connectivity index (χ0n) is 9.09. The van der Waals surface area contributed by atoms with E-state index in [1.54, 1.807) is 24.5 Å². The Morgan fingerprint density at radius 3 is 2.47 bits per heavy atom. The third-order valence-corrected chi connectivity index (χ3v) is 2.41. The van der Waals surface area contributed by atoms with Gasteiger partial charge in [0.15, 0.2) is 0 Å². The predicted molar refractivity (Wildman–Crippen MR) is 66.6 cm³/mol. The van der Waals surface area contributed by atoms with Crippen LogP contribution in [0.15, 0.2) is 36.7 Å². The molecule has 0 radical (unpaired) electrons. The molecular formula is C12H13ClN2O2. The number of carboxylic acids is 1. The summed E-state index contributed by atoms with van der Waals surface area (Å²) in [5.74, 6) is 0.0555. The van der Waals surface area contributed by atoms with E-state index in [1.165, 1.54) is 0 Å². The lowest BCUT2D eigenvalue weighted by molar-refractivity contribution is 0.0697. The summed E-state index contributed by atoms with van der Waals surface area (Å²) in [4.78, 5) is 17.8. The first-order valence-corrected chi connectivity index (χ1v) is 5.06. The highest BCUT2D eigenvalue weighted by Crippen LogP contribution is 2.07. The summed E-state index contributed by atoms with van der Waals surface area (Å²) in [6, 6.07) is 6.93.